The second kappa shape index (κ2) is 7.11. The lowest BCUT2D eigenvalue weighted by Crippen LogP contribution is -2.16. The van der Waals surface area contributed by atoms with Crippen molar-refractivity contribution in [3.63, 3.8) is 0 Å². The van der Waals surface area contributed by atoms with Crippen LogP contribution in [0.25, 0.3) is 10.2 Å². The van der Waals surface area contributed by atoms with E-state index in [1.807, 2.05) is 12.1 Å². The van der Waals surface area contributed by atoms with Crippen molar-refractivity contribution in [1.29, 1.82) is 0 Å². The van der Waals surface area contributed by atoms with Crippen LogP contribution in [0, 0.1) is 9.49 Å². The third-order valence-corrected chi connectivity index (χ3v) is 6.50. The van der Waals surface area contributed by atoms with Gasteiger partial charge < -0.3 is 9.72 Å². The maximum Gasteiger partial charge on any atom is 0.338 e. The molecule has 0 spiro atoms. The number of aryl methyl sites for hydroxylation is 1. The molecule has 7 heteroatoms. The summed E-state index contributed by atoms with van der Waals surface area (Å²) in [6, 6.07) is 7.14. The molecule has 0 saturated heterocycles. The molecule has 0 unspecified atom stereocenters. The van der Waals surface area contributed by atoms with Crippen LogP contribution in [-0.2, 0) is 24.2 Å². The number of esters is 1. The van der Waals surface area contributed by atoms with Crippen LogP contribution in [-0.4, -0.2) is 15.9 Å². The molecule has 0 fully saturated rings. The highest BCUT2D eigenvalue weighted by atomic mass is 127. The first-order valence-corrected chi connectivity index (χ1v) is 10.4. The number of aromatic amines is 1. The van der Waals surface area contributed by atoms with Gasteiger partial charge in [0.05, 0.1) is 10.9 Å². The number of H-pyrrole nitrogens is 1. The van der Waals surface area contributed by atoms with Crippen molar-refractivity contribution in [2.45, 2.75) is 32.8 Å². The number of nitrogens with one attached hydrogen (secondary N) is 1. The fraction of sp³-hybridized carbons (Fsp3) is 0.316. The zero-order valence-corrected chi connectivity index (χ0v) is 17.1. The molecule has 1 aliphatic carbocycles. The van der Waals surface area contributed by atoms with E-state index in [-0.39, 0.29) is 12.2 Å². The van der Waals surface area contributed by atoms with E-state index in [4.69, 9.17) is 4.74 Å². The first kappa shape index (κ1) is 17.7. The standard InChI is InChI=1S/C19H17IN2O3S/c1-10-2-7-13-14(8-10)26-18-16(13)17(23)21-15(22-18)9-25-19(24)11-3-5-12(20)6-4-11/h3-6,10H,2,7-9H2,1H3,(H,21,22,23)/t10-/m1/s1. The predicted octanol–water partition coefficient (Wildman–Crippen LogP) is 4.07. The van der Waals surface area contributed by atoms with Crippen LogP contribution in [0.1, 0.15) is 40.0 Å². The number of ether oxygens (including phenoxy) is 1. The molecule has 26 heavy (non-hydrogen) atoms. The average molecular weight is 480 g/mol. The highest BCUT2D eigenvalue weighted by molar-refractivity contribution is 14.1. The summed E-state index contributed by atoms with van der Waals surface area (Å²) in [5.74, 6) is 0.598. The van der Waals surface area contributed by atoms with Crippen LogP contribution in [0.15, 0.2) is 29.1 Å². The number of fused-ring (bicyclic) bond motifs is 3. The molecule has 134 valence electrons. The van der Waals surface area contributed by atoms with Crippen molar-refractivity contribution in [3.05, 3.63) is 60.0 Å². The average Bonchev–Trinajstić information content (AvgIpc) is 2.98. The Morgan fingerprint density at radius 3 is 2.92 bits per heavy atom. The fourth-order valence-corrected chi connectivity index (χ4v) is 5.03. The number of thiophene rings is 1. The molecule has 1 aromatic carbocycles. The number of carbonyl (C=O) groups is 1. The number of benzene rings is 1. The topological polar surface area (TPSA) is 72.0 Å². The molecular weight excluding hydrogens is 463 g/mol. The Bertz CT molecular complexity index is 1040. The van der Waals surface area contributed by atoms with E-state index in [9.17, 15) is 9.59 Å². The molecule has 0 radical (unpaired) electrons. The zero-order chi connectivity index (χ0) is 18.3. The van der Waals surface area contributed by atoms with Gasteiger partial charge in [-0.25, -0.2) is 9.78 Å². The summed E-state index contributed by atoms with van der Waals surface area (Å²) >= 11 is 3.77. The largest absolute Gasteiger partial charge is 0.454 e. The van der Waals surface area contributed by atoms with Crippen molar-refractivity contribution in [2.24, 2.45) is 5.92 Å². The van der Waals surface area contributed by atoms with Gasteiger partial charge in [0.15, 0.2) is 0 Å². The molecule has 2 heterocycles. The Morgan fingerprint density at radius 2 is 2.15 bits per heavy atom. The Kier molecular flexibility index (Phi) is 4.83. The third kappa shape index (κ3) is 3.42. The lowest BCUT2D eigenvalue weighted by atomic mass is 9.89. The third-order valence-electron chi connectivity index (χ3n) is 4.63. The minimum Gasteiger partial charge on any atom is -0.454 e. The summed E-state index contributed by atoms with van der Waals surface area (Å²) in [6.07, 6.45) is 3.04. The number of halogens is 1. The second-order valence-electron chi connectivity index (χ2n) is 6.63. The maximum absolute atomic E-state index is 12.5. The first-order chi connectivity index (χ1) is 12.5. The number of hydrogen-bond donors (Lipinski definition) is 1. The van der Waals surface area contributed by atoms with Crippen LogP contribution >= 0.6 is 33.9 Å². The lowest BCUT2D eigenvalue weighted by Gasteiger charge is -2.17. The van der Waals surface area contributed by atoms with Crippen LogP contribution in [0.3, 0.4) is 0 Å². The van der Waals surface area contributed by atoms with E-state index in [1.165, 1.54) is 4.88 Å². The number of hydrogen-bond acceptors (Lipinski definition) is 5. The smallest absolute Gasteiger partial charge is 0.338 e. The second-order valence-corrected chi connectivity index (χ2v) is 8.96. The van der Waals surface area contributed by atoms with E-state index in [0.29, 0.717) is 22.7 Å². The van der Waals surface area contributed by atoms with E-state index < -0.39 is 5.97 Å². The molecule has 1 atom stereocenters. The molecule has 0 saturated carbocycles. The molecule has 0 amide bonds. The normalized spacial score (nSPS) is 16.5. The predicted molar refractivity (Wildman–Crippen MR) is 110 cm³/mol. The minimum atomic E-state index is -0.427. The van der Waals surface area contributed by atoms with Gasteiger partial charge in [-0.1, -0.05) is 6.92 Å². The Hall–Kier alpha value is -1.74. The number of nitrogens with zero attached hydrogens (tertiary/aromatic N) is 1. The van der Waals surface area contributed by atoms with Gasteiger partial charge in [0.2, 0.25) is 0 Å². The summed E-state index contributed by atoms with van der Waals surface area (Å²) in [7, 11) is 0. The zero-order valence-electron chi connectivity index (χ0n) is 14.2. The Morgan fingerprint density at radius 1 is 1.38 bits per heavy atom. The number of aromatic nitrogens is 2. The molecule has 5 nitrogen and oxygen atoms in total. The first-order valence-electron chi connectivity index (χ1n) is 8.47. The summed E-state index contributed by atoms with van der Waals surface area (Å²) in [5, 5.41) is 0.713. The SMILES string of the molecule is C[C@@H]1CCc2c(sc3nc(COC(=O)c4ccc(I)cc4)[nH]c(=O)c23)C1. The highest BCUT2D eigenvalue weighted by Gasteiger charge is 2.23. The van der Waals surface area contributed by atoms with Gasteiger partial charge in [0.1, 0.15) is 17.3 Å². The van der Waals surface area contributed by atoms with Gasteiger partial charge >= 0.3 is 5.97 Å². The molecule has 1 N–H and O–H groups in total. The highest BCUT2D eigenvalue weighted by Crippen LogP contribution is 2.35. The van der Waals surface area contributed by atoms with E-state index in [2.05, 4.69) is 39.5 Å². The van der Waals surface area contributed by atoms with Gasteiger partial charge in [-0.05, 0) is 77.6 Å². The van der Waals surface area contributed by atoms with E-state index >= 15 is 0 Å². The Balaban J connectivity index is 1.57. The summed E-state index contributed by atoms with van der Waals surface area (Å²) in [6.45, 7) is 2.19. The molecule has 0 aliphatic heterocycles. The monoisotopic (exact) mass is 480 g/mol. The summed E-state index contributed by atoms with van der Waals surface area (Å²) in [5.41, 5.74) is 1.50. The molecule has 2 aromatic heterocycles. The molecular formula is C19H17IN2O3S. The van der Waals surface area contributed by atoms with Gasteiger partial charge in [0.25, 0.3) is 5.56 Å². The number of rotatable bonds is 3. The lowest BCUT2D eigenvalue weighted by molar-refractivity contribution is 0.0462. The van der Waals surface area contributed by atoms with Gasteiger partial charge in [-0.2, -0.15) is 0 Å². The van der Waals surface area contributed by atoms with Crippen molar-refractivity contribution in [3.8, 4) is 0 Å². The number of carbonyl (C=O) groups excluding carboxylic acids is 1. The molecule has 4 rings (SSSR count). The molecule has 3 aromatic rings. The quantitative estimate of drug-likeness (QED) is 0.453. The Labute approximate surface area is 167 Å². The van der Waals surface area contributed by atoms with Crippen molar-refractivity contribution < 1.29 is 9.53 Å². The summed E-state index contributed by atoms with van der Waals surface area (Å²) in [4.78, 5) is 34.0. The van der Waals surface area contributed by atoms with E-state index in [0.717, 1.165) is 33.2 Å². The van der Waals surface area contributed by atoms with E-state index in [1.54, 1.807) is 23.5 Å². The van der Waals surface area contributed by atoms with Gasteiger partial charge in [0, 0.05) is 8.45 Å². The van der Waals surface area contributed by atoms with Crippen LogP contribution in [0.2, 0.25) is 0 Å². The van der Waals surface area contributed by atoms with Crippen LogP contribution in [0.4, 0.5) is 0 Å². The summed E-state index contributed by atoms with van der Waals surface area (Å²) < 4.78 is 6.36. The van der Waals surface area contributed by atoms with Crippen LogP contribution in [0.5, 0.6) is 0 Å². The van der Waals surface area contributed by atoms with Gasteiger partial charge in [-0.3, -0.25) is 4.79 Å². The van der Waals surface area contributed by atoms with Gasteiger partial charge in [-0.15, -0.1) is 11.3 Å². The maximum atomic E-state index is 12.5. The fourth-order valence-electron chi connectivity index (χ4n) is 3.26. The molecule has 1 aliphatic rings. The van der Waals surface area contributed by atoms with Crippen LogP contribution < -0.4 is 5.56 Å². The molecule has 0 bridgehead atoms. The van der Waals surface area contributed by atoms with Crippen molar-refractivity contribution >= 4 is 50.1 Å². The minimum absolute atomic E-state index is 0.0467. The van der Waals surface area contributed by atoms with Crippen molar-refractivity contribution in [1.82, 2.24) is 9.97 Å². The van der Waals surface area contributed by atoms with Crippen molar-refractivity contribution in [2.75, 3.05) is 0 Å².